The summed E-state index contributed by atoms with van der Waals surface area (Å²) >= 11 is 6.39. The molecular formula is C30H20ClNO. The minimum absolute atomic E-state index is 0.198. The molecule has 3 heteroatoms. The van der Waals surface area contributed by atoms with Crippen molar-refractivity contribution in [2.45, 2.75) is 12.3 Å². The van der Waals surface area contributed by atoms with E-state index < -0.39 is 0 Å². The Kier molecular flexibility index (Phi) is 4.06. The van der Waals surface area contributed by atoms with Gasteiger partial charge >= 0.3 is 0 Å². The average molecular weight is 446 g/mol. The summed E-state index contributed by atoms with van der Waals surface area (Å²) in [6.45, 7) is 0. The molecule has 0 fully saturated rings. The second kappa shape index (κ2) is 7.13. The van der Waals surface area contributed by atoms with E-state index in [1.165, 1.54) is 38.6 Å². The highest BCUT2D eigenvalue weighted by atomic mass is 35.5. The normalized spacial score (nSPS) is 15.5. The number of rotatable bonds is 2. The van der Waals surface area contributed by atoms with Gasteiger partial charge in [0.05, 0.1) is 11.0 Å². The standard InChI is InChI=1S/C30H20ClNO/c31-19-16-17-27-24(18-19)30-22(12-7-15-28(30)33-27)21-11-6-14-26-29(21)23-10-4-5-13-25(23)32(26)20-8-2-1-3-9-20/h1-11,13-18,22H,12H2. The fourth-order valence-corrected chi connectivity index (χ4v) is 5.67. The number of halogens is 1. The lowest BCUT2D eigenvalue weighted by Crippen LogP contribution is -2.05. The first-order chi connectivity index (χ1) is 16.3. The first-order valence-electron chi connectivity index (χ1n) is 11.3. The predicted octanol–water partition coefficient (Wildman–Crippen LogP) is 8.73. The lowest BCUT2D eigenvalue weighted by Gasteiger charge is -2.20. The van der Waals surface area contributed by atoms with Crippen LogP contribution in [0.1, 0.15) is 29.2 Å². The topological polar surface area (TPSA) is 18.1 Å². The minimum atomic E-state index is 0.198. The summed E-state index contributed by atoms with van der Waals surface area (Å²) < 4.78 is 8.59. The van der Waals surface area contributed by atoms with Crippen LogP contribution in [-0.4, -0.2) is 4.57 Å². The van der Waals surface area contributed by atoms with Crippen LogP contribution in [0.4, 0.5) is 0 Å². The number of hydrogen-bond acceptors (Lipinski definition) is 1. The van der Waals surface area contributed by atoms with Crippen LogP contribution in [0.2, 0.25) is 5.02 Å². The maximum Gasteiger partial charge on any atom is 0.135 e. The van der Waals surface area contributed by atoms with Gasteiger partial charge in [0, 0.05) is 38.4 Å². The van der Waals surface area contributed by atoms with E-state index in [0.29, 0.717) is 0 Å². The Morgan fingerprint density at radius 2 is 1.61 bits per heavy atom. The number of aromatic nitrogens is 1. The molecule has 1 aliphatic rings. The quantitative estimate of drug-likeness (QED) is 0.260. The van der Waals surface area contributed by atoms with Crippen LogP contribution in [0.15, 0.2) is 101 Å². The molecule has 0 aliphatic heterocycles. The molecule has 1 unspecified atom stereocenters. The molecule has 4 aromatic carbocycles. The summed E-state index contributed by atoms with van der Waals surface area (Å²) in [4.78, 5) is 0. The fourth-order valence-electron chi connectivity index (χ4n) is 5.50. The zero-order valence-electron chi connectivity index (χ0n) is 17.8. The van der Waals surface area contributed by atoms with Crippen LogP contribution in [-0.2, 0) is 0 Å². The number of nitrogens with zero attached hydrogens (tertiary/aromatic N) is 1. The highest BCUT2D eigenvalue weighted by molar-refractivity contribution is 6.31. The molecule has 33 heavy (non-hydrogen) atoms. The van der Waals surface area contributed by atoms with Crippen molar-refractivity contribution in [2.24, 2.45) is 0 Å². The Morgan fingerprint density at radius 1 is 0.788 bits per heavy atom. The summed E-state index contributed by atoms with van der Waals surface area (Å²) in [5.41, 5.74) is 7.07. The molecule has 2 heterocycles. The first-order valence-corrected chi connectivity index (χ1v) is 11.6. The van der Waals surface area contributed by atoms with Crippen molar-refractivity contribution >= 4 is 50.5 Å². The number of fused-ring (bicyclic) bond motifs is 6. The SMILES string of the molecule is Clc1ccc2oc3c(c2c1)C(c1cccc2c1c1ccccc1n2-c1ccccc1)CC=C3. The second-order valence-electron chi connectivity index (χ2n) is 8.64. The van der Waals surface area contributed by atoms with E-state index in [9.17, 15) is 0 Å². The molecule has 0 saturated carbocycles. The van der Waals surface area contributed by atoms with Crippen LogP contribution < -0.4 is 0 Å². The maximum absolute atomic E-state index is 6.39. The van der Waals surface area contributed by atoms with Gasteiger partial charge in [0.1, 0.15) is 11.3 Å². The fraction of sp³-hybridized carbons (Fsp3) is 0.0667. The van der Waals surface area contributed by atoms with E-state index in [1.54, 1.807) is 0 Å². The predicted molar refractivity (Wildman–Crippen MR) is 137 cm³/mol. The van der Waals surface area contributed by atoms with E-state index >= 15 is 0 Å². The third-order valence-electron chi connectivity index (χ3n) is 6.83. The zero-order valence-corrected chi connectivity index (χ0v) is 18.6. The van der Waals surface area contributed by atoms with Crippen molar-refractivity contribution < 1.29 is 4.42 Å². The van der Waals surface area contributed by atoms with Gasteiger partial charge in [-0.25, -0.2) is 0 Å². The largest absolute Gasteiger partial charge is 0.456 e. The van der Waals surface area contributed by atoms with Gasteiger partial charge in [-0.15, -0.1) is 0 Å². The number of hydrogen-bond donors (Lipinski definition) is 0. The van der Waals surface area contributed by atoms with E-state index in [-0.39, 0.29) is 5.92 Å². The molecule has 0 amide bonds. The molecule has 7 rings (SSSR count). The van der Waals surface area contributed by atoms with Gasteiger partial charge < -0.3 is 8.98 Å². The Bertz CT molecular complexity index is 1700. The number of benzene rings is 4. The molecule has 0 N–H and O–H groups in total. The zero-order chi connectivity index (χ0) is 21.9. The molecule has 0 radical (unpaired) electrons. The van der Waals surface area contributed by atoms with E-state index in [4.69, 9.17) is 16.0 Å². The average Bonchev–Trinajstić information content (AvgIpc) is 3.40. The van der Waals surface area contributed by atoms with E-state index in [2.05, 4.69) is 89.5 Å². The molecule has 2 nitrogen and oxygen atoms in total. The van der Waals surface area contributed by atoms with Crippen molar-refractivity contribution in [2.75, 3.05) is 0 Å². The number of para-hydroxylation sites is 2. The third-order valence-corrected chi connectivity index (χ3v) is 7.06. The van der Waals surface area contributed by atoms with Crippen molar-refractivity contribution in [3.8, 4) is 5.69 Å². The molecule has 158 valence electrons. The third kappa shape index (κ3) is 2.74. The van der Waals surface area contributed by atoms with Crippen LogP contribution in [0.25, 0.3) is 44.5 Å². The maximum atomic E-state index is 6.39. The van der Waals surface area contributed by atoms with Gasteiger partial charge in [0.2, 0.25) is 0 Å². The molecule has 1 atom stereocenters. The Morgan fingerprint density at radius 3 is 2.52 bits per heavy atom. The summed E-state index contributed by atoms with van der Waals surface area (Å²) in [6, 6.07) is 31.9. The monoisotopic (exact) mass is 445 g/mol. The van der Waals surface area contributed by atoms with Crippen molar-refractivity contribution in [3.63, 3.8) is 0 Å². The summed E-state index contributed by atoms with van der Waals surface area (Å²) in [5.74, 6) is 1.13. The molecular weight excluding hydrogens is 426 g/mol. The van der Waals surface area contributed by atoms with Gasteiger partial charge in [-0.3, -0.25) is 0 Å². The van der Waals surface area contributed by atoms with Gasteiger partial charge in [0.25, 0.3) is 0 Å². The van der Waals surface area contributed by atoms with Gasteiger partial charge in [0.15, 0.2) is 0 Å². The van der Waals surface area contributed by atoms with Crippen molar-refractivity contribution in [1.82, 2.24) is 4.57 Å². The van der Waals surface area contributed by atoms with Crippen LogP contribution >= 0.6 is 11.6 Å². The first kappa shape index (κ1) is 18.8. The Labute approximate surface area is 196 Å². The number of furan rings is 1. The molecule has 1 aliphatic carbocycles. The van der Waals surface area contributed by atoms with Crippen LogP contribution in [0.3, 0.4) is 0 Å². The minimum Gasteiger partial charge on any atom is -0.456 e. The Hall–Kier alpha value is -3.75. The lowest BCUT2D eigenvalue weighted by molar-refractivity contribution is 0.590. The molecule has 6 aromatic rings. The second-order valence-corrected chi connectivity index (χ2v) is 9.08. The van der Waals surface area contributed by atoms with E-state index in [0.717, 1.165) is 28.2 Å². The van der Waals surface area contributed by atoms with Gasteiger partial charge in [-0.2, -0.15) is 0 Å². The van der Waals surface area contributed by atoms with Crippen LogP contribution in [0.5, 0.6) is 0 Å². The number of allylic oxidation sites excluding steroid dienone is 1. The lowest BCUT2D eigenvalue weighted by atomic mass is 9.82. The van der Waals surface area contributed by atoms with Crippen LogP contribution in [0, 0.1) is 0 Å². The molecule has 0 spiro atoms. The highest BCUT2D eigenvalue weighted by Crippen LogP contribution is 2.46. The van der Waals surface area contributed by atoms with Crippen molar-refractivity contribution in [1.29, 1.82) is 0 Å². The molecule has 0 saturated heterocycles. The highest BCUT2D eigenvalue weighted by Gasteiger charge is 2.28. The molecule has 0 bridgehead atoms. The van der Waals surface area contributed by atoms with Crippen molar-refractivity contribution in [3.05, 3.63) is 119 Å². The Balaban J connectivity index is 1.57. The van der Waals surface area contributed by atoms with E-state index in [1.807, 2.05) is 18.2 Å². The molecule has 2 aromatic heterocycles. The summed E-state index contributed by atoms with van der Waals surface area (Å²) in [6.07, 6.45) is 5.26. The van der Waals surface area contributed by atoms with Gasteiger partial charge in [-0.05, 0) is 60.5 Å². The summed E-state index contributed by atoms with van der Waals surface area (Å²) in [7, 11) is 0. The summed E-state index contributed by atoms with van der Waals surface area (Å²) in [5, 5.41) is 4.42. The van der Waals surface area contributed by atoms with Gasteiger partial charge in [-0.1, -0.05) is 66.2 Å². The smallest absolute Gasteiger partial charge is 0.135 e.